The second-order valence-corrected chi connectivity index (χ2v) is 6.29. The first-order valence-electron chi connectivity index (χ1n) is 6.93. The summed E-state index contributed by atoms with van der Waals surface area (Å²) < 4.78 is 7.88. The molecule has 3 rings (SSSR count). The SMILES string of the molecule is Clc1ccc(COc2ccc(Cl)cc2Cn2ccnc2)c(Cl)c1. The van der Waals surface area contributed by atoms with Crippen LogP contribution in [-0.2, 0) is 13.2 Å². The Morgan fingerprint density at radius 1 is 0.957 bits per heavy atom. The molecule has 0 saturated carbocycles. The maximum atomic E-state index is 6.18. The Balaban J connectivity index is 1.79. The molecule has 0 fully saturated rings. The van der Waals surface area contributed by atoms with Gasteiger partial charge in [0.25, 0.3) is 0 Å². The van der Waals surface area contributed by atoms with Crippen LogP contribution in [0.4, 0.5) is 0 Å². The Morgan fingerprint density at radius 2 is 1.74 bits per heavy atom. The van der Waals surface area contributed by atoms with Crippen molar-refractivity contribution in [2.24, 2.45) is 0 Å². The van der Waals surface area contributed by atoms with E-state index < -0.39 is 0 Å². The molecule has 0 aliphatic rings. The first-order chi connectivity index (χ1) is 11.1. The van der Waals surface area contributed by atoms with Gasteiger partial charge in [-0.2, -0.15) is 0 Å². The van der Waals surface area contributed by atoms with Crippen LogP contribution in [0.2, 0.25) is 15.1 Å². The minimum atomic E-state index is 0.356. The zero-order valence-electron chi connectivity index (χ0n) is 12.0. The fourth-order valence-corrected chi connectivity index (χ4v) is 2.84. The fraction of sp³-hybridized carbons (Fsp3) is 0.118. The van der Waals surface area contributed by atoms with Gasteiger partial charge in [-0.3, -0.25) is 0 Å². The number of aromatic nitrogens is 2. The van der Waals surface area contributed by atoms with Gasteiger partial charge in [0.2, 0.25) is 0 Å². The average molecular weight is 368 g/mol. The predicted octanol–water partition coefficient (Wildman–Crippen LogP) is 5.47. The molecule has 0 saturated heterocycles. The van der Waals surface area contributed by atoms with E-state index in [1.807, 2.05) is 29.0 Å². The lowest BCUT2D eigenvalue weighted by Crippen LogP contribution is -2.03. The van der Waals surface area contributed by atoms with E-state index in [4.69, 9.17) is 39.5 Å². The molecular weight excluding hydrogens is 355 g/mol. The number of rotatable bonds is 5. The molecule has 2 aromatic carbocycles. The van der Waals surface area contributed by atoms with Crippen LogP contribution in [-0.4, -0.2) is 9.55 Å². The van der Waals surface area contributed by atoms with Crippen molar-refractivity contribution < 1.29 is 4.74 Å². The van der Waals surface area contributed by atoms with Gasteiger partial charge in [0.15, 0.2) is 0 Å². The van der Waals surface area contributed by atoms with Gasteiger partial charge in [0.1, 0.15) is 12.4 Å². The summed E-state index contributed by atoms with van der Waals surface area (Å²) in [5.41, 5.74) is 1.85. The molecule has 0 aliphatic heterocycles. The second kappa shape index (κ2) is 7.26. The first kappa shape index (κ1) is 16.2. The highest BCUT2D eigenvalue weighted by Gasteiger charge is 2.08. The molecule has 0 radical (unpaired) electrons. The smallest absolute Gasteiger partial charge is 0.124 e. The second-order valence-electron chi connectivity index (χ2n) is 5.01. The van der Waals surface area contributed by atoms with Crippen LogP contribution in [0.15, 0.2) is 55.1 Å². The van der Waals surface area contributed by atoms with Crippen LogP contribution < -0.4 is 4.74 Å². The summed E-state index contributed by atoms with van der Waals surface area (Å²) >= 11 is 18.2. The van der Waals surface area contributed by atoms with Gasteiger partial charge in [-0.05, 0) is 30.3 Å². The van der Waals surface area contributed by atoms with Crippen LogP contribution >= 0.6 is 34.8 Å². The summed E-state index contributed by atoms with van der Waals surface area (Å²) in [6.07, 6.45) is 5.38. The third-order valence-electron chi connectivity index (χ3n) is 3.33. The Kier molecular flexibility index (Phi) is 5.11. The van der Waals surface area contributed by atoms with E-state index in [9.17, 15) is 0 Å². The summed E-state index contributed by atoms with van der Waals surface area (Å²) in [6.45, 7) is 0.985. The van der Waals surface area contributed by atoms with E-state index in [2.05, 4.69) is 4.98 Å². The van der Waals surface area contributed by atoms with Crippen LogP contribution in [0.3, 0.4) is 0 Å². The molecule has 0 atom stereocenters. The summed E-state index contributed by atoms with van der Waals surface area (Å²) in [6, 6.07) is 10.9. The van der Waals surface area contributed by atoms with Crippen LogP contribution in [0.5, 0.6) is 5.75 Å². The topological polar surface area (TPSA) is 27.1 Å². The number of benzene rings is 2. The molecule has 6 heteroatoms. The van der Waals surface area contributed by atoms with Gasteiger partial charge >= 0.3 is 0 Å². The highest BCUT2D eigenvalue weighted by molar-refractivity contribution is 6.35. The summed E-state index contributed by atoms with van der Waals surface area (Å²) in [7, 11) is 0. The van der Waals surface area contributed by atoms with Gasteiger partial charge in [0.05, 0.1) is 12.9 Å². The van der Waals surface area contributed by atoms with Gasteiger partial charge in [0, 0.05) is 38.6 Å². The molecule has 0 amide bonds. The maximum Gasteiger partial charge on any atom is 0.124 e. The van der Waals surface area contributed by atoms with Gasteiger partial charge in [-0.15, -0.1) is 0 Å². The molecule has 1 heterocycles. The summed E-state index contributed by atoms with van der Waals surface area (Å²) in [5.74, 6) is 0.758. The van der Waals surface area contributed by atoms with Crippen molar-refractivity contribution in [3.05, 3.63) is 81.3 Å². The summed E-state index contributed by atoms with van der Waals surface area (Å²) in [5, 5.41) is 1.85. The molecule has 0 bridgehead atoms. The Labute approximate surface area is 149 Å². The number of imidazole rings is 1. The monoisotopic (exact) mass is 366 g/mol. The van der Waals surface area contributed by atoms with E-state index in [1.165, 1.54) is 0 Å². The van der Waals surface area contributed by atoms with Crippen molar-refractivity contribution in [3.8, 4) is 5.75 Å². The van der Waals surface area contributed by atoms with Crippen molar-refractivity contribution in [1.82, 2.24) is 9.55 Å². The Morgan fingerprint density at radius 3 is 2.48 bits per heavy atom. The zero-order chi connectivity index (χ0) is 16.2. The zero-order valence-corrected chi connectivity index (χ0v) is 14.3. The van der Waals surface area contributed by atoms with Crippen molar-refractivity contribution >= 4 is 34.8 Å². The molecule has 0 unspecified atom stereocenters. The summed E-state index contributed by atoms with van der Waals surface area (Å²) in [4.78, 5) is 4.04. The molecule has 1 aromatic heterocycles. The number of nitrogens with zero attached hydrogens (tertiary/aromatic N) is 2. The van der Waals surface area contributed by atoms with E-state index in [0.29, 0.717) is 28.2 Å². The predicted molar refractivity (Wildman–Crippen MR) is 93.6 cm³/mol. The van der Waals surface area contributed by atoms with Crippen LogP contribution in [0.25, 0.3) is 0 Å². The molecule has 23 heavy (non-hydrogen) atoms. The fourth-order valence-electron chi connectivity index (χ4n) is 2.18. The Hall–Kier alpha value is -1.68. The molecule has 0 spiro atoms. The van der Waals surface area contributed by atoms with E-state index in [-0.39, 0.29) is 0 Å². The molecule has 118 valence electrons. The molecule has 3 aromatic rings. The van der Waals surface area contributed by atoms with Gasteiger partial charge < -0.3 is 9.30 Å². The van der Waals surface area contributed by atoms with E-state index in [1.54, 1.807) is 30.7 Å². The first-order valence-corrected chi connectivity index (χ1v) is 8.06. The lowest BCUT2D eigenvalue weighted by atomic mass is 10.2. The molecular formula is C17H13Cl3N2O. The average Bonchev–Trinajstić information content (AvgIpc) is 3.01. The lowest BCUT2D eigenvalue weighted by molar-refractivity contribution is 0.302. The number of halogens is 3. The van der Waals surface area contributed by atoms with E-state index in [0.717, 1.165) is 16.9 Å². The molecule has 3 nitrogen and oxygen atoms in total. The number of ether oxygens (including phenoxy) is 1. The van der Waals surface area contributed by atoms with Crippen LogP contribution in [0.1, 0.15) is 11.1 Å². The molecule has 0 N–H and O–H groups in total. The van der Waals surface area contributed by atoms with Crippen molar-refractivity contribution in [2.75, 3.05) is 0 Å². The highest BCUT2D eigenvalue weighted by Crippen LogP contribution is 2.27. The third-order valence-corrected chi connectivity index (χ3v) is 4.15. The minimum Gasteiger partial charge on any atom is -0.488 e. The van der Waals surface area contributed by atoms with Gasteiger partial charge in [-0.25, -0.2) is 4.98 Å². The van der Waals surface area contributed by atoms with Crippen molar-refractivity contribution in [1.29, 1.82) is 0 Å². The van der Waals surface area contributed by atoms with Gasteiger partial charge in [-0.1, -0.05) is 40.9 Å². The molecule has 0 aliphatic carbocycles. The third kappa shape index (κ3) is 4.20. The number of hydrogen-bond donors (Lipinski definition) is 0. The van der Waals surface area contributed by atoms with Crippen molar-refractivity contribution in [3.63, 3.8) is 0 Å². The maximum absolute atomic E-state index is 6.18. The highest BCUT2D eigenvalue weighted by atomic mass is 35.5. The largest absolute Gasteiger partial charge is 0.488 e. The quantitative estimate of drug-likeness (QED) is 0.598. The van der Waals surface area contributed by atoms with E-state index >= 15 is 0 Å². The van der Waals surface area contributed by atoms with Crippen LogP contribution in [0, 0.1) is 0 Å². The normalized spacial score (nSPS) is 10.7. The minimum absolute atomic E-state index is 0.356. The number of hydrogen-bond acceptors (Lipinski definition) is 2. The van der Waals surface area contributed by atoms with Crippen molar-refractivity contribution in [2.45, 2.75) is 13.2 Å². The standard InChI is InChI=1S/C17H13Cl3N2O/c18-14-3-4-17(13(7-14)9-22-6-5-21-11-22)23-10-12-1-2-15(19)8-16(12)20/h1-8,11H,9-10H2. The lowest BCUT2D eigenvalue weighted by Gasteiger charge is -2.13. The Bertz CT molecular complexity index is 804.